The third kappa shape index (κ3) is 4.81. The van der Waals surface area contributed by atoms with Gasteiger partial charge in [0.1, 0.15) is 11.5 Å². The van der Waals surface area contributed by atoms with Crippen molar-refractivity contribution in [1.82, 2.24) is 5.32 Å². The number of nitrogens with one attached hydrogen (secondary N) is 1. The molecule has 4 nitrogen and oxygen atoms in total. The van der Waals surface area contributed by atoms with Crippen LogP contribution in [0.4, 0.5) is 0 Å². The van der Waals surface area contributed by atoms with E-state index in [4.69, 9.17) is 9.47 Å². The summed E-state index contributed by atoms with van der Waals surface area (Å²) in [6.45, 7) is 5.87. The molecule has 0 radical (unpaired) electrons. The van der Waals surface area contributed by atoms with Gasteiger partial charge in [-0.2, -0.15) is 0 Å². The largest absolute Gasteiger partial charge is 0.497 e. The molecule has 0 aliphatic carbocycles. The first-order valence-corrected chi connectivity index (χ1v) is 6.71. The van der Waals surface area contributed by atoms with Gasteiger partial charge >= 0.3 is 0 Å². The standard InChI is InChI=1S/C15H23NO3/c1-5-12(6-2)16-15(17)11(3)19-14-9-7-13(18-4)8-10-14/h7-12H,5-6H2,1-4H3,(H,16,17). The minimum atomic E-state index is -0.506. The Bertz CT molecular complexity index is 385. The van der Waals surface area contributed by atoms with E-state index in [0.717, 1.165) is 18.6 Å². The van der Waals surface area contributed by atoms with Crippen molar-refractivity contribution in [1.29, 1.82) is 0 Å². The second-order valence-corrected chi connectivity index (χ2v) is 4.46. The molecular formula is C15H23NO3. The summed E-state index contributed by atoms with van der Waals surface area (Å²) in [6.07, 6.45) is 1.35. The van der Waals surface area contributed by atoms with Crippen LogP contribution in [0.25, 0.3) is 0 Å². The summed E-state index contributed by atoms with van der Waals surface area (Å²) >= 11 is 0. The number of methoxy groups -OCH3 is 1. The molecule has 1 unspecified atom stereocenters. The van der Waals surface area contributed by atoms with E-state index < -0.39 is 6.10 Å². The first-order valence-electron chi connectivity index (χ1n) is 6.71. The lowest BCUT2D eigenvalue weighted by Gasteiger charge is -2.19. The van der Waals surface area contributed by atoms with Gasteiger partial charge in [-0.15, -0.1) is 0 Å². The third-order valence-electron chi connectivity index (χ3n) is 3.07. The molecule has 4 heteroatoms. The van der Waals surface area contributed by atoms with Gasteiger partial charge in [0.25, 0.3) is 5.91 Å². The fourth-order valence-electron chi connectivity index (χ4n) is 1.72. The lowest BCUT2D eigenvalue weighted by Crippen LogP contribution is -2.42. The van der Waals surface area contributed by atoms with Crippen LogP contribution in [0.5, 0.6) is 11.5 Å². The maximum Gasteiger partial charge on any atom is 0.260 e. The van der Waals surface area contributed by atoms with E-state index in [2.05, 4.69) is 19.2 Å². The van der Waals surface area contributed by atoms with Crippen LogP contribution in [0.2, 0.25) is 0 Å². The lowest BCUT2D eigenvalue weighted by atomic mass is 10.1. The monoisotopic (exact) mass is 265 g/mol. The fourth-order valence-corrected chi connectivity index (χ4v) is 1.72. The molecule has 106 valence electrons. The Morgan fingerprint density at radius 3 is 2.16 bits per heavy atom. The zero-order valence-corrected chi connectivity index (χ0v) is 12.1. The minimum absolute atomic E-state index is 0.0791. The molecule has 0 fully saturated rings. The maximum atomic E-state index is 11.9. The zero-order chi connectivity index (χ0) is 14.3. The van der Waals surface area contributed by atoms with Gasteiger partial charge in [0.15, 0.2) is 6.10 Å². The van der Waals surface area contributed by atoms with Crippen LogP contribution in [-0.2, 0) is 4.79 Å². The summed E-state index contributed by atoms with van der Waals surface area (Å²) in [5.41, 5.74) is 0. The van der Waals surface area contributed by atoms with Gasteiger partial charge in [-0.05, 0) is 44.0 Å². The molecule has 0 spiro atoms. The second-order valence-electron chi connectivity index (χ2n) is 4.46. The van der Waals surface area contributed by atoms with Gasteiger partial charge in [0.2, 0.25) is 0 Å². The van der Waals surface area contributed by atoms with Crippen LogP contribution < -0.4 is 14.8 Å². The number of hydrogen-bond donors (Lipinski definition) is 1. The first kappa shape index (κ1) is 15.3. The van der Waals surface area contributed by atoms with E-state index >= 15 is 0 Å². The maximum absolute atomic E-state index is 11.9. The number of rotatable bonds is 7. The quantitative estimate of drug-likeness (QED) is 0.824. The topological polar surface area (TPSA) is 47.6 Å². The molecule has 0 aromatic heterocycles. The van der Waals surface area contributed by atoms with Gasteiger partial charge in [-0.1, -0.05) is 13.8 Å². The summed E-state index contributed by atoms with van der Waals surface area (Å²) in [4.78, 5) is 11.9. The number of hydrogen-bond acceptors (Lipinski definition) is 3. The Morgan fingerprint density at radius 2 is 1.68 bits per heavy atom. The highest BCUT2D eigenvalue weighted by molar-refractivity contribution is 5.81. The van der Waals surface area contributed by atoms with Crippen LogP contribution >= 0.6 is 0 Å². The van der Waals surface area contributed by atoms with E-state index in [-0.39, 0.29) is 11.9 Å². The van der Waals surface area contributed by atoms with Crippen LogP contribution in [0.3, 0.4) is 0 Å². The number of amides is 1. The van der Waals surface area contributed by atoms with Crippen LogP contribution in [0.15, 0.2) is 24.3 Å². The van der Waals surface area contributed by atoms with Gasteiger partial charge in [0, 0.05) is 6.04 Å². The summed E-state index contributed by atoms with van der Waals surface area (Å²) in [6, 6.07) is 7.41. The molecule has 1 N–H and O–H groups in total. The van der Waals surface area contributed by atoms with E-state index in [1.807, 2.05) is 0 Å². The lowest BCUT2D eigenvalue weighted by molar-refractivity contribution is -0.128. The van der Waals surface area contributed by atoms with Crippen LogP contribution in [0, 0.1) is 0 Å². The highest BCUT2D eigenvalue weighted by atomic mass is 16.5. The third-order valence-corrected chi connectivity index (χ3v) is 3.07. The van der Waals surface area contributed by atoms with Crippen molar-refractivity contribution in [3.8, 4) is 11.5 Å². The molecule has 0 saturated carbocycles. The molecule has 0 bridgehead atoms. The van der Waals surface area contributed by atoms with Gasteiger partial charge in [0.05, 0.1) is 7.11 Å². The number of ether oxygens (including phenoxy) is 2. The summed E-state index contributed by atoms with van der Waals surface area (Å²) in [5.74, 6) is 1.35. The van der Waals surface area contributed by atoms with Crippen molar-refractivity contribution >= 4 is 5.91 Å². The van der Waals surface area contributed by atoms with Crippen molar-refractivity contribution in [2.45, 2.75) is 45.8 Å². The smallest absolute Gasteiger partial charge is 0.260 e. The molecule has 1 amide bonds. The molecule has 1 rings (SSSR count). The molecule has 0 aliphatic heterocycles. The van der Waals surface area contributed by atoms with Gasteiger partial charge in [-0.3, -0.25) is 4.79 Å². The molecule has 1 aromatic rings. The average molecular weight is 265 g/mol. The highest BCUT2D eigenvalue weighted by Gasteiger charge is 2.17. The minimum Gasteiger partial charge on any atom is -0.497 e. The van der Waals surface area contributed by atoms with E-state index in [9.17, 15) is 4.79 Å². The Morgan fingerprint density at radius 1 is 1.16 bits per heavy atom. The van der Waals surface area contributed by atoms with Crippen molar-refractivity contribution in [3.05, 3.63) is 24.3 Å². The van der Waals surface area contributed by atoms with E-state index in [0.29, 0.717) is 5.75 Å². The Balaban J connectivity index is 2.53. The number of benzene rings is 1. The number of carbonyl (C=O) groups excluding carboxylic acids is 1. The second kappa shape index (κ2) is 7.67. The molecular weight excluding hydrogens is 242 g/mol. The van der Waals surface area contributed by atoms with Crippen molar-refractivity contribution in [2.24, 2.45) is 0 Å². The summed E-state index contributed by atoms with van der Waals surface area (Å²) in [7, 11) is 1.61. The van der Waals surface area contributed by atoms with E-state index in [1.54, 1.807) is 38.3 Å². The van der Waals surface area contributed by atoms with Crippen LogP contribution in [0.1, 0.15) is 33.6 Å². The van der Waals surface area contributed by atoms with Gasteiger partial charge in [-0.25, -0.2) is 0 Å². The predicted octanol–water partition coefficient (Wildman–Crippen LogP) is 2.77. The molecule has 0 saturated heterocycles. The SMILES string of the molecule is CCC(CC)NC(=O)C(C)Oc1ccc(OC)cc1. The van der Waals surface area contributed by atoms with E-state index in [1.165, 1.54) is 0 Å². The van der Waals surface area contributed by atoms with Crippen molar-refractivity contribution in [2.75, 3.05) is 7.11 Å². The predicted molar refractivity (Wildman–Crippen MR) is 75.6 cm³/mol. The molecule has 19 heavy (non-hydrogen) atoms. The van der Waals surface area contributed by atoms with Crippen molar-refractivity contribution < 1.29 is 14.3 Å². The van der Waals surface area contributed by atoms with Gasteiger partial charge < -0.3 is 14.8 Å². The Hall–Kier alpha value is -1.71. The Kier molecular flexibility index (Phi) is 6.19. The summed E-state index contributed by atoms with van der Waals surface area (Å²) in [5, 5.41) is 2.97. The van der Waals surface area contributed by atoms with Crippen LogP contribution in [-0.4, -0.2) is 25.2 Å². The highest BCUT2D eigenvalue weighted by Crippen LogP contribution is 2.18. The Labute approximate surface area is 115 Å². The normalized spacial score (nSPS) is 12.1. The molecule has 1 aromatic carbocycles. The first-order chi connectivity index (χ1) is 9.10. The van der Waals surface area contributed by atoms with Crippen molar-refractivity contribution in [3.63, 3.8) is 0 Å². The number of carbonyl (C=O) groups is 1. The zero-order valence-electron chi connectivity index (χ0n) is 12.1. The summed E-state index contributed by atoms with van der Waals surface area (Å²) < 4.78 is 10.7. The fraction of sp³-hybridized carbons (Fsp3) is 0.533. The molecule has 1 atom stereocenters. The average Bonchev–Trinajstić information content (AvgIpc) is 2.45. The molecule has 0 heterocycles. The molecule has 0 aliphatic rings.